The van der Waals surface area contributed by atoms with Crippen LogP contribution in [-0.4, -0.2) is 19.3 Å². The Kier molecular flexibility index (Phi) is 2.83. The van der Waals surface area contributed by atoms with E-state index in [1.54, 1.807) is 0 Å². The van der Waals surface area contributed by atoms with Crippen molar-refractivity contribution < 1.29 is 9.47 Å². The Balaban J connectivity index is 1.72. The molecule has 1 unspecified atom stereocenters. The predicted octanol–water partition coefficient (Wildman–Crippen LogP) is 2.81. The summed E-state index contributed by atoms with van der Waals surface area (Å²) in [6.45, 7) is 1.82. The Morgan fingerprint density at radius 1 is 1.00 bits per heavy atom. The molecule has 0 aliphatic carbocycles. The summed E-state index contributed by atoms with van der Waals surface area (Å²) in [6, 6.07) is 8.43. The van der Waals surface area contributed by atoms with Crippen LogP contribution in [0, 0.1) is 5.92 Å². The van der Waals surface area contributed by atoms with Crippen molar-refractivity contribution in [1.29, 1.82) is 0 Å². The van der Waals surface area contributed by atoms with Gasteiger partial charge in [0.2, 0.25) is 0 Å². The van der Waals surface area contributed by atoms with Crippen LogP contribution in [-0.2, 0) is 11.2 Å². The molecule has 3 rings (SSSR count). The van der Waals surface area contributed by atoms with Crippen molar-refractivity contribution >= 4 is 0 Å². The first kappa shape index (κ1) is 10.2. The van der Waals surface area contributed by atoms with Crippen LogP contribution in [0.3, 0.4) is 0 Å². The Labute approximate surface area is 96.6 Å². The third kappa shape index (κ3) is 1.94. The lowest BCUT2D eigenvalue weighted by molar-refractivity contribution is 0.0109. The SMILES string of the molecule is c1ccc2c(c1)CCC(C1CCOCC1)O2. The summed E-state index contributed by atoms with van der Waals surface area (Å²) >= 11 is 0. The molecule has 2 aliphatic rings. The van der Waals surface area contributed by atoms with E-state index in [1.807, 2.05) is 0 Å². The fraction of sp³-hybridized carbons (Fsp3) is 0.571. The second-order valence-corrected chi connectivity index (χ2v) is 4.75. The average molecular weight is 218 g/mol. The zero-order chi connectivity index (χ0) is 10.8. The number of fused-ring (bicyclic) bond motifs is 1. The second kappa shape index (κ2) is 4.46. The number of benzene rings is 1. The molecular formula is C14H18O2. The van der Waals surface area contributed by atoms with Gasteiger partial charge in [0.25, 0.3) is 0 Å². The molecule has 0 bridgehead atoms. The lowest BCUT2D eigenvalue weighted by Crippen LogP contribution is -2.34. The summed E-state index contributed by atoms with van der Waals surface area (Å²) in [7, 11) is 0. The summed E-state index contributed by atoms with van der Waals surface area (Å²) in [5.41, 5.74) is 1.37. The topological polar surface area (TPSA) is 18.5 Å². The maximum absolute atomic E-state index is 6.12. The van der Waals surface area contributed by atoms with E-state index < -0.39 is 0 Å². The van der Waals surface area contributed by atoms with Crippen molar-refractivity contribution in [1.82, 2.24) is 0 Å². The fourth-order valence-corrected chi connectivity index (χ4v) is 2.76. The minimum absolute atomic E-state index is 0.416. The summed E-state index contributed by atoms with van der Waals surface area (Å²) in [6.07, 6.45) is 5.07. The molecule has 1 fully saturated rings. The van der Waals surface area contributed by atoms with Crippen molar-refractivity contribution in [2.75, 3.05) is 13.2 Å². The zero-order valence-electron chi connectivity index (χ0n) is 9.52. The summed E-state index contributed by atoms with van der Waals surface area (Å²) in [5, 5.41) is 0. The number of aryl methyl sites for hydroxylation is 1. The Morgan fingerprint density at radius 2 is 1.81 bits per heavy atom. The van der Waals surface area contributed by atoms with Crippen LogP contribution >= 0.6 is 0 Å². The van der Waals surface area contributed by atoms with Gasteiger partial charge in [-0.25, -0.2) is 0 Å². The highest BCUT2D eigenvalue weighted by Gasteiger charge is 2.28. The molecule has 0 aromatic heterocycles. The molecule has 2 aliphatic heterocycles. The highest BCUT2D eigenvalue weighted by Crippen LogP contribution is 2.33. The molecule has 1 aromatic rings. The van der Waals surface area contributed by atoms with E-state index in [9.17, 15) is 0 Å². The summed E-state index contributed by atoms with van der Waals surface area (Å²) in [5.74, 6) is 1.80. The summed E-state index contributed by atoms with van der Waals surface area (Å²) < 4.78 is 11.5. The molecule has 1 atom stereocenters. The lowest BCUT2D eigenvalue weighted by Gasteiger charge is -2.34. The average Bonchev–Trinajstić information content (AvgIpc) is 2.39. The highest BCUT2D eigenvalue weighted by atomic mass is 16.5. The van der Waals surface area contributed by atoms with Crippen LogP contribution in [0.5, 0.6) is 5.75 Å². The Morgan fingerprint density at radius 3 is 2.69 bits per heavy atom. The fourth-order valence-electron chi connectivity index (χ4n) is 2.76. The Bertz CT molecular complexity index is 356. The minimum Gasteiger partial charge on any atom is -0.490 e. The van der Waals surface area contributed by atoms with Crippen LogP contribution in [0.15, 0.2) is 24.3 Å². The molecule has 1 aromatic carbocycles. The normalized spacial score (nSPS) is 25.9. The molecule has 2 nitrogen and oxygen atoms in total. The number of hydrogen-bond donors (Lipinski definition) is 0. The molecule has 1 saturated heterocycles. The van der Waals surface area contributed by atoms with Gasteiger partial charge >= 0.3 is 0 Å². The zero-order valence-corrected chi connectivity index (χ0v) is 9.52. The number of ether oxygens (including phenoxy) is 2. The molecule has 86 valence electrons. The van der Waals surface area contributed by atoms with Crippen molar-refractivity contribution in [3.63, 3.8) is 0 Å². The second-order valence-electron chi connectivity index (χ2n) is 4.75. The first-order chi connectivity index (χ1) is 7.93. The van der Waals surface area contributed by atoms with Gasteiger partial charge in [-0.2, -0.15) is 0 Å². The van der Waals surface area contributed by atoms with Crippen LogP contribution < -0.4 is 4.74 Å². The first-order valence-electron chi connectivity index (χ1n) is 6.26. The van der Waals surface area contributed by atoms with Gasteiger partial charge in [0.15, 0.2) is 0 Å². The number of rotatable bonds is 1. The smallest absolute Gasteiger partial charge is 0.122 e. The van der Waals surface area contributed by atoms with Crippen LogP contribution in [0.2, 0.25) is 0 Å². The van der Waals surface area contributed by atoms with Gasteiger partial charge in [0, 0.05) is 19.1 Å². The molecule has 16 heavy (non-hydrogen) atoms. The molecule has 0 amide bonds. The van der Waals surface area contributed by atoms with Crippen molar-refractivity contribution in [3.05, 3.63) is 29.8 Å². The van der Waals surface area contributed by atoms with Crippen molar-refractivity contribution in [2.45, 2.75) is 31.8 Å². The van der Waals surface area contributed by atoms with Gasteiger partial charge in [0.1, 0.15) is 11.9 Å². The quantitative estimate of drug-likeness (QED) is 0.721. The molecule has 0 radical (unpaired) electrons. The van der Waals surface area contributed by atoms with Crippen LogP contribution in [0.4, 0.5) is 0 Å². The van der Waals surface area contributed by atoms with E-state index >= 15 is 0 Å². The molecule has 0 N–H and O–H groups in total. The predicted molar refractivity (Wildman–Crippen MR) is 62.7 cm³/mol. The maximum atomic E-state index is 6.12. The third-order valence-electron chi connectivity index (χ3n) is 3.74. The number of para-hydroxylation sites is 1. The van der Waals surface area contributed by atoms with E-state index in [4.69, 9.17) is 9.47 Å². The van der Waals surface area contributed by atoms with E-state index in [0.29, 0.717) is 12.0 Å². The molecule has 2 heterocycles. The molecule has 2 heteroatoms. The number of hydrogen-bond acceptors (Lipinski definition) is 2. The van der Waals surface area contributed by atoms with Crippen LogP contribution in [0.25, 0.3) is 0 Å². The van der Waals surface area contributed by atoms with Gasteiger partial charge < -0.3 is 9.47 Å². The van der Waals surface area contributed by atoms with Gasteiger partial charge in [0.05, 0.1) is 0 Å². The minimum atomic E-state index is 0.416. The Hall–Kier alpha value is -1.02. The lowest BCUT2D eigenvalue weighted by atomic mass is 9.88. The summed E-state index contributed by atoms with van der Waals surface area (Å²) in [4.78, 5) is 0. The molecular weight excluding hydrogens is 200 g/mol. The van der Waals surface area contributed by atoms with Gasteiger partial charge in [-0.05, 0) is 37.3 Å². The standard InChI is InChI=1S/C14H18O2/c1-2-4-13-11(3-1)5-6-14(16-13)12-7-9-15-10-8-12/h1-4,12,14H,5-10H2. The maximum Gasteiger partial charge on any atom is 0.122 e. The van der Waals surface area contributed by atoms with Crippen molar-refractivity contribution in [3.8, 4) is 5.75 Å². The van der Waals surface area contributed by atoms with Gasteiger partial charge in [-0.15, -0.1) is 0 Å². The van der Waals surface area contributed by atoms with E-state index in [1.165, 1.54) is 12.0 Å². The largest absolute Gasteiger partial charge is 0.490 e. The first-order valence-corrected chi connectivity index (χ1v) is 6.26. The van der Waals surface area contributed by atoms with E-state index in [2.05, 4.69) is 24.3 Å². The van der Waals surface area contributed by atoms with Gasteiger partial charge in [-0.1, -0.05) is 18.2 Å². The highest BCUT2D eigenvalue weighted by molar-refractivity contribution is 5.35. The monoisotopic (exact) mass is 218 g/mol. The molecule has 0 spiro atoms. The molecule has 0 saturated carbocycles. The van der Waals surface area contributed by atoms with Crippen LogP contribution in [0.1, 0.15) is 24.8 Å². The van der Waals surface area contributed by atoms with E-state index in [0.717, 1.165) is 38.2 Å². The van der Waals surface area contributed by atoms with E-state index in [-0.39, 0.29) is 0 Å². The van der Waals surface area contributed by atoms with Crippen molar-refractivity contribution in [2.24, 2.45) is 5.92 Å². The van der Waals surface area contributed by atoms with Gasteiger partial charge in [-0.3, -0.25) is 0 Å². The third-order valence-corrected chi connectivity index (χ3v) is 3.74.